The molecule has 1 aliphatic heterocycles. The number of carbonyl (C=O) groups is 1. The molecule has 130 valence electrons. The maximum Gasteiger partial charge on any atom is 0.359 e. The predicted molar refractivity (Wildman–Crippen MR) is 102 cm³/mol. The van der Waals surface area contributed by atoms with Gasteiger partial charge in [0.1, 0.15) is 17.6 Å². The van der Waals surface area contributed by atoms with Crippen LogP contribution in [-0.2, 0) is 6.42 Å². The number of carbonyl (C=O) groups excluding carboxylic acids is 1. The first kappa shape index (κ1) is 16.5. The van der Waals surface area contributed by atoms with E-state index in [1.807, 2.05) is 54.7 Å². The van der Waals surface area contributed by atoms with Gasteiger partial charge in [0.2, 0.25) is 0 Å². The molecule has 0 aliphatic carbocycles. The number of fused-ring (bicyclic) bond motifs is 1. The van der Waals surface area contributed by atoms with Crippen molar-refractivity contribution < 1.29 is 9.36 Å². The van der Waals surface area contributed by atoms with Gasteiger partial charge >= 0.3 is 11.7 Å². The highest BCUT2D eigenvalue weighted by atomic mass is 16.2. The predicted octanol–water partition coefficient (Wildman–Crippen LogP) is 3.86. The van der Waals surface area contributed by atoms with Gasteiger partial charge in [-0.15, -0.1) is 0 Å². The van der Waals surface area contributed by atoms with E-state index in [0.717, 1.165) is 35.6 Å². The van der Waals surface area contributed by atoms with E-state index in [2.05, 4.69) is 24.4 Å². The van der Waals surface area contributed by atoms with Crippen molar-refractivity contribution in [1.82, 2.24) is 4.98 Å². The quantitative estimate of drug-likeness (QED) is 0.715. The van der Waals surface area contributed by atoms with Crippen molar-refractivity contribution in [3.63, 3.8) is 0 Å². The first-order valence-electron chi connectivity index (χ1n) is 9.12. The van der Waals surface area contributed by atoms with Gasteiger partial charge in [0.05, 0.1) is 0 Å². The monoisotopic (exact) mass is 344 g/mol. The average molecular weight is 344 g/mol. The van der Waals surface area contributed by atoms with E-state index in [1.54, 1.807) is 4.57 Å². The second kappa shape index (κ2) is 7.08. The number of benzene rings is 2. The number of anilines is 1. The Hall–Kier alpha value is -3.01. The van der Waals surface area contributed by atoms with Gasteiger partial charge in [0.25, 0.3) is 0 Å². The van der Waals surface area contributed by atoms with Crippen LogP contribution < -0.4 is 9.88 Å². The zero-order valence-electron chi connectivity index (χ0n) is 14.9. The summed E-state index contributed by atoms with van der Waals surface area (Å²) in [6, 6.07) is 20.1. The summed E-state index contributed by atoms with van der Waals surface area (Å²) in [5.74, 6) is 0.938. The molecule has 4 nitrogen and oxygen atoms in total. The lowest BCUT2D eigenvalue weighted by Crippen LogP contribution is -2.43. The highest BCUT2D eigenvalue weighted by Gasteiger charge is 2.40. The Labute approximate surface area is 153 Å². The minimum Gasteiger partial charge on any atom is -0.258 e. The Balaban J connectivity index is 1.80. The van der Waals surface area contributed by atoms with Crippen LogP contribution in [0.5, 0.6) is 0 Å². The summed E-state index contributed by atoms with van der Waals surface area (Å²) in [7, 11) is 0. The summed E-state index contributed by atoms with van der Waals surface area (Å²) < 4.78 is 1.76. The highest BCUT2D eigenvalue weighted by molar-refractivity contribution is 5.82. The molecular formula is C22H22N3O+. The van der Waals surface area contributed by atoms with E-state index in [4.69, 9.17) is 4.98 Å². The standard InChI is InChI=1S/C22H21N3O/c1-2-9-18-22(26)25-15-20(17-12-7-4-8-13-17)23-19(21(25)24-18)14-16-10-5-3-6-11-16/h3-8,10-13,15,18H,2,9,14H2,1H3/p+1. The molecule has 0 amide bonds. The van der Waals surface area contributed by atoms with Gasteiger partial charge in [-0.05, 0) is 12.0 Å². The smallest absolute Gasteiger partial charge is 0.258 e. The first-order chi connectivity index (χ1) is 12.8. The average Bonchev–Trinajstić information content (AvgIpc) is 3.00. The lowest BCUT2D eigenvalue weighted by atomic mass is 10.1. The lowest BCUT2D eigenvalue weighted by Gasteiger charge is -2.07. The van der Waals surface area contributed by atoms with Crippen molar-refractivity contribution in [2.24, 2.45) is 0 Å². The Kier molecular flexibility index (Phi) is 4.48. The molecule has 1 unspecified atom stereocenters. The fraction of sp³-hybridized carbons (Fsp3) is 0.227. The van der Waals surface area contributed by atoms with Crippen molar-refractivity contribution in [2.75, 3.05) is 5.32 Å². The van der Waals surface area contributed by atoms with Gasteiger partial charge in [-0.3, -0.25) is 5.32 Å². The molecule has 1 atom stereocenters. The molecule has 1 N–H and O–H groups in total. The maximum absolute atomic E-state index is 12.8. The molecule has 1 aromatic heterocycles. The van der Waals surface area contributed by atoms with Crippen molar-refractivity contribution >= 4 is 11.7 Å². The zero-order chi connectivity index (χ0) is 17.9. The Bertz CT molecular complexity index is 923. The molecule has 2 aromatic carbocycles. The molecule has 0 saturated heterocycles. The van der Waals surface area contributed by atoms with Crippen LogP contribution in [0.1, 0.15) is 35.8 Å². The van der Waals surface area contributed by atoms with E-state index in [9.17, 15) is 4.79 Å². The molecule has 2 heterocycles. The number of nitrogens with one attached hydrogen (secondary N) is 1. The molecule has 1 aliphatic rings. The third kappa shape index (κ3) is 3.10. The molecule has 0 bridgehead atoms. The molecule has 0 spiro atoms. The summed E-state index contributed by atoms with van der Waals surface area (Å²) in [5, 5.41) is 3.40. The van der Waals surface area contributed by atoms with E-state index >= 15 is 0 Å². The molecule has 3 aromatic rings. The number of hydrogen-bond donors (Lipinski definition) is 1. The lowest BCUT2D eigenvalue weighted by molar-refractivity contribution is -0.552. The SMILES string of the molecule is CCCC1Nc2c(Cc3ccccc3)nc(-c3ccccc3)c[n+]2C1=O. The molecule has 4 heteroatoms. The topological polar surface area (TPSA) is 45.9 Å². The van der Waals surface area contributed by atoms with Crippen molar-refractivity contribution in [1.29, 1.82) is 0 Å². The van der Waals surface area contributed by atoms with Crippen LogP contribution in [0.25, 0.3) is 11.3 Å². The highest BCUT2D eigenvalue weighted by Crippen LogP contribution is 2.24. The van der Waals surface area contributed by atoms with Gasteiger partial charge in [-0.1, -0.05) is 74.0 Å². The van der Waals surface area contributed by atoms with Gasteiger partial charge in [0, 0.05) is 12.0 Å². The summed E-state index contributed by atoms with van der Waals surface area (Å²) >= 11 is 0. The largest absolute Gasteiger partial charge is 0.359 e. The Morgan fingerprint density at radius 1 is 1.04 bits per heavy atom. The molecule has 26 heavy (non-hydrogen) atoms. The fourth-order valence-corrected chi connectivity index (χ4v) is 3.42. The van der Waals surface area contributed by atoms with Crippen LogP contribution >= 0.6 is 0 Å². The molecule has 0 radical (unpaired) electrons. The second-order valence-corrected chi connectivity index (χ2v) is 6.64. The van der Waals surface area contributed by atoms with Crippen LogP contribution in [-0.4, -0.2) is 16.9 Å². The number of rotatable bonds is 5. The van der Waals surface area contributed by atoms with E-state index < -0.39 is 0 Å². The van der Waals surface area contributed by atoms with Crippen LogP contribution in [0, 0.1) is 0 Å². The van der Waals surface area contributed by atoms with Gasteiger partial charge in [-0.25, -0.2) is 9.78 Å². The van der Waals surface area contributed by atoms with E-state index in [0.29, 0.717) is 6.42 Å². The number of aromatic nitrogens is 2. The normalized spacial score (nSPS) is 15.6. The minimum absolute atomic E-state index is 0.107. The summed E-state index contributed by atoms with van der Waals surface area (Å²) in [6.07, 6.45) is 4.34. The second-order valence-electron chi connectivity index (χ2n) is 6.64. The van der Waals surface area contributed by atoms with Crippen molar-refractivity contribution in [3.8, 4) is 11.3 Å². The van der Waals surface area contributed by atoms with Crippen molar-refractivity contribution in [2.45, 2.75) is 32.2 Å². The summed E-state index contributed by atoms with van der Waals surface area (Å²) in [4.78, 5) is 17.8. The van der Waals surface area contributed by atoms with Gasteiger partial charge in [0.15, 0.2) is 6.04 Å². The molecular weight excluding hydrogens is 322 g/mol. The summed E-state index contributed by atoms with van der Waals surface area (Å²) in [5.41, 5.74) is 3.93. The number of nitrogens with zero attached hydrogens (tertiary/aromatic N) is 2. The number of hydrogen-bond acceptors (Lipinski definition) is 3. The zero-order valence-corrected chi connectivity index (χ0v) is 14.9. The van der Waals surface area contributed by atoms with Gasteiger partial charge in [-0.2, -0.15) is 4.57 Å². The fourth-order valence-electron chi connectivity index (χ4n) is 3.42. The molecule has 0 fully saturated rings. The maximum atomic E-state index is 12.8. The van der Waals surface area contributed by atoms with Crippen molar-refractivity contribution in [3.05, 3.63) is 78.1 Å². The third-order valence-electron chi connectivity index (χ3n) is 4.73. The van der Waals surface area contributed by atoms with E-state index in [1.165, 1.54) is 5.56 Å². The Morgan fingerprint density at radius 3 is 2.42 bits per heavy atom. The van der Waals surface area contributed by atoms with Gasteiger partial charge < -0.3 is 0 Å². The third-order valence-corrected chi connectivity index (χ3v) is 4.73. The minimum atomic E-state index is -0.164. The van der Waals surface area contributed by atoms with Crippen LogP contribution in [0.2, 0.25) is 0 Å². The first-order valence-corrected chi connectivity index (χ1v) is 9.12. The van der Waals surface area contributed by atoms with E-state index in [-0.39, 0.29) is 11.9 Å². The van der Waals surface area contributed by atoms with Crippen LogP contribution in [0.4, 0.5) is 5.82 Å². The van der Waals surface area contributed by atoms with Crippen LogP contribution in [0.3, 0.4) is 0 Å². The summed E-state index contributed by atoms with van der Waals surface area (Å²) in [6.45, 7) is 2.10. The molecule has 0 saturated carbocycles. The van der Waals surface area contributed by atoms with Crippen LogP contribution in [0.15, 0.2) is 66.9 Å². The molecule has 4 rings (SSSR count). The Morgan fingerprint density at radius 2 is 1.73 bits per heavy atom.